The summed E-state index contributed by atoms with van der Waals surface area (Å²) in [4.78, 5) is 19.3. The Morgan fingerprint density at radius 2 is 2.21 bits per heavy atom. The molecule has 1 fully saturated rings. The Hall–Kier alpha value is -2.64. The summed E-state index contributed by atoms with van der Waals surface area (Å²) >= 11 is 0. The molecule has 1 aliphatic heterocycles. The second-order valence-electron chi connectivity index (χ2n) is 6.36. The molecule has 8 heteroatoms. The first-order valence-electron chi connectivity index (χ1n) is 7.96. The number of hydrogen-bond donors (Lipinski definition) is 0. The molecule has 1 atom stereocenters. The maximum atomic E-state index is 11.4. The summed E-state index contributed by atoms with van der Waals surface area (Å²) in [6.07, 6.45) is 1.86. The fourth-order valence-electron chi connectivity index (χ4n) is 3.02. The lowest BCUT2D eigenvalue weighted by Gasteiger charge is -2.32. The van der Waals surface area contributed by atoms with Crippen molar-refractivity contribution in [3.63, 3.8) is 0 Å². The van der Waals surface area contributed by atoms with Crippen molar-refractivity contribution in [2.24, 2.45) is 0 Å². The third-order valence-corrected chi connectivity index (χ3v) is 4.27. The number of aryl methyl sites for hydroxylation is 1. The lowest BCUT2D eigenvalue weighted by Crippen LogP contribution is -2.34. The lowest BCUT2D eigenvalue weighted by atomic mass is 9.97. The summed E-state index contributed by atoms with van der Waals surface area (Å²) in [5, 5.41) is 15.3. The van der Waals surface area contributed by atoms with Crippen LogP contribution in [-0.4, -0.2) is 42.2 Å². The van der Waals surface area contributed by atoms with Crippen LogP contribution >= 0.6 is 0 Å². The molecule has 8 nitrogen and oxygen atoms in total. The highest BCUT2D eigenvalue weighted by atomic mass is 16.6. The van der Waals surface area contributed by atoms with E-state index in [2.05, 4.69) is 10.1 Å². The van der Waals surface area contributed by atoms with Crippen molar-refractivity contribution >= 4 is 17.3 Å². The van der Waals surface area contributed by atoms with Crippen LogP contribution in [0.3, 0.4) is 0 Å². The number of nitrogens with zero attached hydrogens (tertiary/aromatic N) is 5. The first-order valence-corrected chi connectivity index (χ1v) is 7.96. The Morgan fingerprint density at radius 1 is 1.42 bits per heavy atom. The minimum Gasteiger partial charge on any atom is -0.365 e. The summed E-state index contributed by atoms with van der Waals surface area (Å²) in [7, 11) is 3.72. The van der Waals surface area contributed by atoms with Gasteiger partial charge in [-0.05, 0) is 36.6 Å². The van der Waals surface area contributed by atoms with Gasteiger partial charge in [0.15, 0.2) is 0 Å². The summed E-state index contributed by atoms with van der Waals surface area (Å²) in [5.41, 5.74) is 1.68. The average Bonchev–Trinajstić information content (AvgIpc) is 3.05. The van der Waals surface area contributed by atoms with Crippen LogP contribution in [0.15, 0.2) is 22.7 Å². The van der Waals surface area contributed by atoms with Crippen LogP contribution < -0.4 is 9.80 Å². The normalized spacial score (nSPS) is 17.8. The topological polar surface area (TPSA) is 88.5 Å². The van der Waals surface area contributed by atoms with Crippen LogP contribution in [0, 0.1) is 17.0 Å². The van der Waals surface area contributed by atoms with Crippen LogP contribution in [0.25, 0.3) is 0 Å². The minimum atomic E-state index is -0.317. The number of nitro groups is 1. The van der Waals surface area contributed by atoms with Gasteiger partial charge in [-0.25, -0.2) is 0 Å². The number of nitro benzene ring substituents is 1. The van der Waals surface area contributed by atoms with E-state index in [0.717, 1.165) is 24.9 Å². The van der Waals surface area contributed by atoms with Crippen molar-refractivity contribution in [1.29, 1.82) is 0 Å². The summed E-state index contributed by atoms with van der Waals surface area (Å²) < 4.78 is 5.38. The van der Waals surface area contributed by atoms with Gasteiger partial charge in [0, 0.05) is 33.3 Å². The molecule has 2 heterocycles. The number of benzene rings is 1. The van der Waals surface area contributed by atoms with E-state index >= 15 is 0 Å². The van der Waals surface area contributed by atoms with Crippen LogP contribution in [0.5, 0.6) is 0 Å². The molecule has 0 spiro atoms. The average molecular weight is 331 g/mol. The van der Waals surface area contributed by atoms with Gasteiger partial charge in [0.2, 0.25) is 5.89 Å². The molecular formula is C16H21N5O3. The van der Waals surface area contributed by atoms with Crippen molar-refractivity contribution in [2.45, 2.75) is 25.7 Å². The number of anilines is 2. The van der Waals surface area contributed by atoms with Gasteiger partial charge in [-0.3, -0.25) is 10.1 Å². The zero-order valence-electron chi connectivity index (χ0n) is 14.1. The van der Waals surface area contributed by atoms with Crippen LogP contribution in [0.4, 0.5) is 17.3 Å². The Bertz CT molecular complexity index is 743. The van der Waals surface area contributed by atoms with Crippen molar-refractivity contribution in [3.8, 4) is 0 Å². The Labute approximate surface area is 140 Å². The zero-order valence-corrected chi connectivity index (χ0v) is 14.1. The second kappa shape index (κ2) is 6.46. The van der Waals surface area contributed by atoms with Crippen molar-refractivity contribution in [1.82, 2.24) is 10.1 Å². The predicted octanol–water partition coefficient (Wildman–Crippen LogP) is 2.74. The van der Waals surface area contributed by atoms with Crippen molar-refractivity contribution < 1.29 is 9.45 Å². The molecule has 1 unspecified atom stereocenters. The Morgan fingerprint density at radius 3 is 2.88 bits per heavy atom. The fraction of sp³-hybridized carbons (Fsp3) is 0.500. The molecule has 128 valence electrons. The molecule has 1 aliphatic rings. The number of rotatable bonds is 4. The highest BCUT2D eigenvalue weighted by Gasteiger charge is 2.29. The van der Waals surface area contributed by atoms with E-state index in [0.29, 0.717) is 24.1 Å². The summed E-state index contributed by atoms with van der Waals surface area (Å²) in [6.45, 7) is 3.28. The first kappa shape index (κ1) is 16.2. The molecular weight excluding hydrogens is 310 g/mol. The van der Waals surface area contributed by atoms with E-state index in [9.17, 15) is 10.1 Å². The van der Waals surface area contributed by atoms with E-state index in [1.54, 1.807) is 11.0 Å². The molecule has 0 aliphatic carbocycles. The predicted molar refractivity (Wildman–Crippen MR) is 90.6 cm³/mol. The van der Waals surface area contributed by atoms with E-state index in [1.165, 1.54) is 0 Å². The molecule has 0 amide bonds. The fourth-order valence-corrected chi connectivity index (χ4v) is 3.02. The first-order chi connectivity index (χ1) is 11.5. The Kier molecular flexibility index (Phi) is 4.37. The van der Waals surface area contributed by atoms with E-state index in [1.807, 2.05) is 38.1 Å². The molecule has 1 aromatic heterocycles. The van der Waals surface area contributed by atoms with Gasteiger partial charge < -0.3 is 14.3 Å². The monoisotopic (exact) mass is 331 g/mol. The largest absolute Gasteiger partial charge is 0.365 e. The highest BCUT2D eigenvalue weighted by Crippen LogP contribution is 2.35. The van der Waals surface area contributed by atoms with Gasteiger partial charge in [-0.15, -0.1) is 0 Å². The smallest absolute Gasteiger partial charge is 0.292 e. The lowest BCUT2D eigenvalue weighted by molar-refractivity contribution is -0.384. The standard InChI is InChI=1S/C16H21N5O3/c1-11-6-7-13(14(9-11)21(22)23)20-8-4-5-12(10-20)15-17-16(18-24-15)19(2)3/h6-7,9,12H,4-5,8,10H2,1-3H3. The third-order valence-electron chi connectivity index (χ3n) is 4.27. The van der Waals surface area contributed by atoms with Crippen molar-refractivity contribution in [3.05, 3.63) is 39.8 Å². The van der Waals surface area contributed by atoms with E-state index in [4.69, 9.17) is 4.52 Å². The molecule has 0 bridgehead atoms. The van der Waals surface area contributed by atoms with E-state index in [-0.39, 0.29) is 16.5 Å². The summed E-state index contributed by atoms with van der Waals surface area (Å²) in [5.74, 6) is 1.22. The molecule has 1 saturated heterocycles. The number of piperidine rings is 1. The molecule has 2 aromatic rings. The van der Waals surface area contributed by atoms with Gasteiger partial charge in [0.1, 0.15) is 5.69 Å². The molecule has 3 rings (SSSR count). The Balaban J connectivity index is 1.84. The maximum absolute atomic E-state index is 11.4. The molecule has 1 aromatic carbocycles. The maximum Gasteiger partial charge on any atom is 0.292 e. The quantitative estimate of drug-likeness (QED) is 0.628. The van der Waals surface area contributed by atoms with E-state index < -0.39 is 0 Å². The minimum absolute atomic E-state index is 0.0841. The number of hydrogen-bond acceptors (Lipinski definition) is 7. The van der Waals surface area contributed by atoms with Crippen molar-refractivity contribution in [2.75, 3.05) is 37.0 Å². The molecule has 0 saturated carbocycles. The third kappa shape index (κ3) is 3.17. The SMILES string of the molecule is Cc1ccc(N2CCCC(c3nc(N(C)C)no3)C2)c([N+](=O)[O-])c1. The van der Waals surface area contributed by atoms with Crippen LogP contribution in [-0.2, 0) is 0 Å². The van der Waals surface area contributed by atoms with Crippen LogP contribution in [0.2, 0.25) is 0 Å². The van der Waals surface area contributed by atoms with Gasteiger partial charge in [-0.2, -0.15) is 4.98 Å². The molecule has 0 radical (unpaired) electrons. The van der Waals surface area contributed by atoms with Crippen LogP contribution in [0.1, 0.15) is 30.2 Å². The highest BCUT2D eigenvalue weighted by molar-refractivity contribution is 5.64. The van der Waals surface area contributed by atoms with Gasteiger partial charge in [0.05, 0.1) is 10.8 Å². The van der Waals surface area contributed by atoms with Gasteiger partial charge in [-0.1, -0.05) is 6.07 Å². The second-order valence-corrected chi connectivity index (χ2v) is 6.36. The molecule has 0 N–H and O–H groups in total. The van der Waals surface area contributed by atoms with Gasteiger partial charge in [0.25, 0.3) is 11.6 Å². The molecule has 24 heavy (non-hydrogen) atoms. The zero-order chi connectivity index (χ0) is 17.3. The summed E-state index contributed by atoms with van der Waals surface area (Å²) in [6, 6.07) is 5.35. The number of aromatic nitrogens is 2. The van der Waals surface area contributed by atoms with Gasteiger partial charge >= 0.3 is 0 Å².